The van der Waals surface area contributed by atoms with E-state index in [0.29, 0.717) is 16.7 Å². The molecule has 0 aliphatic heterocycles. The molecule has 4 rings (SSSR count). The van der Waals surface area contributed by atoms with Crippen molar-refractivity contribution in [1.82, 2.24) is 14.2 Å². The maximum Gasteiger partial charge on any atom is 0.282 e. The molecule has 0 saturated carbocycles. The summed E-state index contributed by atoms with van der Waals surface area (Å²) in [6.07, 6.45) is 3.76. The number of nitrogens with zero attached hydrogens (tertiary/aromatic N) is 4. The quantitative estimate of drug-likeness (QED) is 0.422. The SMILES string of the molecule is Cn1cc(C=Nn2c(C(C)(C)C)nc3ccc(Br)cc3c2=O)c2ccccc21. The second kappa shape index (κ2) is 6.71. The van der Waals surface area contributed by atoms with E-state index in [1.165, 1.54) is 4.68 Å². The van der Waals surface area contributed by atoms with E-state index < -0.39 is 0 Å². The molecule has 5 nitrogen and oxygen atoms in total. The van der Waals surface area contributed by atoms with Crippen LogP contribution in [0.15, 0.2) is 63.0 Å². The second-order valence-corrected chi connectivity index (χ2v) is 8.84. The van der Waals surface area contributed by atoms with Gasteiger partial charge in [-0.3, -0.25) is 4.79 Å². The normalized spacial score (nSPS) is 12.5. The molecular weight excluding hydrogens is 416 g/mol. The fraction of sp³-hybridized carbons (Fsp3) is 0.227. The number of benzene rings is 2. The number of para-hydroxylation sites is 1. The van der Waals surface area contributed by atoms with Gasteiger partial charge in [-0.2, -0.15) is 9.78 Å². The summed E-state index contributed by atoms with van der Waals surface area (Å²) in [6, 6.07) is 13.7. The van der Waals surface area contributed by atoms with Gasteiger partial charge in [0.25, 0.3) is 5.56 Å². The number of aromatic nitrogens is 3. The van der Waals surface area contributed by atoms with Crippen molar-refractivity contribution in [3.8, 4) is 0 Å². The van der Waals surface area contributed by atoms with Crippen LogP contribution in [0.5, 0.6) is 0 Å². The van der Waals surface area contributed by atoms with Crippen molar-refractivity contribution in [2.75, 3.05) is 0 Å². The maximum atomic E-state index is 13.2. The van der Waals surface area contributed by atoms with E-state index in [1.807, 2.05) is 58.3 Å². The lowest BCUT2D eigenvalue weighted by atomic mass is 9.95. The highest BCUT2D eigenvalue weighted by atomic mass is 79.9. The Kier molecular flexibility index (Phi) is 4.46. The molecule has 0 radical (unpaired) electrons. The molecule has 6 heteroatoms. The van der Waals surface area contributed by atoms with Crippen LogP contribution in [0.1, 0.15) is 32.2 Å². The first kappa shape index (κ1) is 18.6. The van der Waals surface area contributed by atoms with Gasteiger partial charge < -0.3 is 4.57 Å². The number of halogens is 1. The lowest BCUT2D eigenvalue weighted by molar-refractivity contribution is 0.506. The summed E-state index contributed by atoms with van der Waals surface area (Å²) in [5.41, 5.74) is 2.24. The smallest absolute Gasteiger partial charge is 0.282 e. The molecule has 0 aliphatic carbocycles. The molecule has 28 heavy (non-hydrogen) atoms. The summed E-state index contributed by atoms with van der Waals surface area (Å²) in [7, 11) is 2.00. The Morgan fingerprint density at radius 3 is 2.61 bits per heavy atom. The third-order valence-electron chi connectivity index (χ3n) is 4.72. The lowest BCUT2D eigenvalue weighted by Crippen LogP contribution is -2.29. The van der Waals surface area contributed by atoms with Crippen molar-refractivity contribution in [2.45, 2.75) is 26.2 Å². The van der Waals surface area contributed by atoms with Gasteiger partial charge in [0.05, 0.1) is 17.1 Å². The van der Waals surface area contributed by atoms with E-state index in [1.54, 1.807) is 12.3 Å². The van der Waals surface area contributed by atoms with Crippen LogP contribution in [0.2, 0.25) is 0 Å². The van der Waals surface area contributed by atoms with Gasteiger partial charge in [-0.15, -0.1) is 0 Å². The standard InChI is InChI=1S/C22H21BrN4O/c1-22(2,3)21-25-18-10-9-15(23)11-17(18)20(28)27(21)24-12-14-13-26(4)19-8-6-5-7-16(14)19/h5-13H,1-4H3. The molecule has 0 unspecified atom stereocenters. The number of hydrogen-bond acceptors (Lipinski definition) is 3. The molecule has 2 heterocycles. The number of aryl methyl sites for hydroxylation is 1. The third kappa shape index (κ3) is 3.18. The van der Waals surface area contributed by atoms with Crippen LogP contribution in [0, 0.1) is 0 Å². The fourth-order valence-electron chi connectivity index (χ4n) is 3.34. The van der Waals surface area contributed by atoms with Crippen LogP contribution in [0.3, 0.4) is 0 Å². The predicted octanol–water partition coefficient (Wildman–Crippen LogP) is 4.83. The molecule has 0 aliphatic rings. The van der Waals surface area contributed by atoms with E-state index in [0.717, 1.165) is 20.9 Å². The van der Waals surface area contributed by atoms with Crippen molar-refractivity contribution in [3.63, 3.8) is 0 Å². The average molecular weight is 437 g/mol. The zero-order chi connectivity index (χ0) is 20.1. The van der Waals surface area contributed by atoms with Crippen molar-refractivity contribution in [3.05, 3.63) is 74.9 Å². The van der Waals surface area contributed by atoms with Crippen LogP contribution >= 0.6 is 15.9 Å². The molecule has 0 bridgehead atoms. The summed E-state index contributed by atoms with van der Waals surface area (Å²) in [5.74, 6) is 0.629. The summed E-state index contributed by atoms with van der Waals surface area (Å²) in [6.45, 7) is 6.09. The molecule has 2 aromatic heterocycles. The molecule has 142 valence electrons. The molecule has 0 atom stereocenters. The number of hydrogen-bond donors (Lipinski definition) is 0. The largest absolute Gasteiger partial charge is 0.350 e. The van der Waals surface area contributed by atoms with E-state index in [-0.39, 0.29) is 11.0 Å². The van der Waals surface area contributed by atoms with E-state index in [9.17, 15) is 4.79 Å². The topological polar surface area (TPSA) is 52.2 Å². The Bertz CT molecular complexity index is 1290. The summed E-state index contributed by atoms with van der Waals surface area (Å²) in [5, 5.41) is 6.21. The highest BCUT2D eigenvalue weighted by molar-refractivity contribution is 9.10. The minimum atomic E-state index is -0.337. The van der Waals surface area contributed by atoms with Crippen LogP contribution in [0.4, 0.5) is 0 Å². The van der Waals surface area contributed by atoms with Gasteiger partial charge >= 0.3 is 0 Å². The molecule has 0 spiro atoms. The van der Waals surface area contributed by atoms with Crippen molar-refractivity contribution >= 4 is 44.0 Å². The Balaban J connectivity index is 1.95. The van der Waals surface area contributed by atoms with Gasteiger partial charge in [0, 0.05) is 39.6 Å². The fourth-order valence-corrected chi connectivity index (χ4v) is 3.70. The van der Waals surface area contributed by atoms with Crippen LogP contribution < -0.4 is 5.56 Å². The van der Waals surface area contributed by atoms with Crippen molar-refractivity contribution in [1.29, 1.82) is 0 Å². The van der Waals surface area contributed by atoms with Crippen LogP contribution in [-0.4, -0.2) is 20.4 Å². The van der Waals surface area contributed by atoms with Gasteiger partial charge in [-0.1, -0.05) is 54.9 Å². The maximum absolute atomic E-state index is 13.2. The molecule has 0 N–H and O–H groups in total. The zero-order valence-corrected chi connectivity index (χ0v) is 17.9. The van der Waals surface area contributed by atoms with E-state index in [2.05, 4.69) is 37.7 Å². The predicted molar refractivity (Wildman–Crippen MR) is 118 cm³/mol. The van der Waals surface area contributed by atoms with Gasteiger partial charge in [-0.25, -0.2) is 4.98 Å². The first-order valence-electron chi connectivity index (χ1n) is 9.07. The summed E-state index contributed by atoms with van der Waals surface area (Å²) >= 11 is 3.44. The average Bonchev–Trinajstić information content (AvgIpc) is 2.97. The van der Waals surface area contributed by atoms with Crippen molar-refractivity contribution in [2.24, 2.45) is 12.1 Å². The molecule has 0 saturated heterocycles. The summed E-state index contributed by atoms with van der Waals surface area (Å²) < 4.78 is 4.32. The molecular formula is C22H21BrN4O. The van der Waals surface area contributed by atoms with Crippen molar-refractivity contribution < 1.29 is 0 Å². The highest BCUT2D eigenvalue weighted by Gasteiger charge is 2.23. The molecule has 0 fully saturated rings. The van der Waals surface area contributed by atoms with Crippen LogP contribution in [0.25, 0.3) is 21.8 Å². The van der Waals surface area contributed by atoms with Gasteiger partial charge in [0.15, 0.2) is 0 Å². The molecule has 0 amide bonds. The Hall–Kier alpha value is -2.73. The molecule has 2 aromatic carbocycles. The van der Waals surface area contributed by atoms with Gasteiger partial charge in [-0.05, 0) is 24.3 Å². The monoisotopic (exact) mass is 436 g/mol. The third-order valence-corrected chi connectivity index (χ3v) is 5.21. The minimum absolute atomic E-state index is 0.173. The first-order valence-corrected chi connectivity index (χ1v) is 9.86. The van der Waals surface area contributed by atoms with E-state index >= 15 is 0 Å². The zero-order valence-electron chi connectivity index (χ0n) is 16.3. The van der Waals surface area contributed by atoms with Gasteiger partial charge in [0.1, 0.15) is 5.82 Å². The van der Waals surface area contributed by atoms with Gasteiger partial charge in [0.2, 0.25) is 0 Å². The Morgan fingerprint density at radius 1 is 1.11 bits per heavy atom. The van der Waals surface area contributed by atoms with Crippen LogP contribution in [-0.2, 0) is 12.5 Å². The summed E-state index contributed by atoms with van der Waals surface area (Å²) in [4.78, 5) is 18.0. The number of rotatable bonds is 2. The molecule has 4 aromatic rings. The number of fused-ring (bicyclic) bond motifs is 2. The highest BCUT2D eigenvalue weighted by Crippen LogP contribution is 2.23. The minimum Gasteiger partial charge on any atom is -0.350 e. The Morgan fingerprint density at radius 2 is 1.86 bits per heavy atom. The first-order chi connectivity index (χ1) is 13.3. The lowest BCUT2D eigenvalue weighted by Gasteiger charge is -2.20. The van der Waals surface area contributed by atoms with E-state index in [4.69, 9.17) is 4.98 Å². The Labute approximate surface area is 171 Å². The second-order valence-electron chi connectivity index (χ2n) is 7.92.